The van der Waals surface area contributed by atoms with Gasteiger partial charge in [0.2, 0.25) is 0 Å². The number of benzene rings is 1. The predicted molar refractivity (Wildman–Crippen MR) is 93.8 cm³/mol. The molecule has 7 heteroatoms. The molecule has 0 spiro atoms. The third-order valence-electron chi connectivity index (χ3n) is 3.72. The van der Waals surface area contributed by atoms with E-state index in [0.29, 0.717) is 10.4 Å². The van der Waals surface area contributed by atoms with Crippen molar-refractivity contribution >= 4 is 33.9 Å². The first-order chi connectivity index (χ1) is 11.6. The van der Waals surface area contributed by atoms with Gasteiger partial charge in [-0.3, -0.25) is 14.9 Å². The second-order valence-electron chi connectivity index (χ2n) is 5.28. The van der Waals surface area contributed by atoms with Gasteiger partial charge in [-0.1, -0.05) is 11.3 Å². The van der Waals surface area contributed by atoms with Crippen LogP contribution in [0, 0.1) is 10.1 Å². The number of thiophene rings is 1. The summed E-state index contributed by atoms with van der Waals surface area (Å²) in [6, 6.07) is 10.5. The van der Waals surface area contributed by atoms with Gasteiger partial charge in [0.1, 0.15) is 0 Å². The van der Waals surface area contributed by atoms with Crippen LogP contribution in [0.3, 0.4) is 0 Å². The topological polar surface area (TPSA) is 72.7 Å². The van der Waals surface area contributed by atoms with E-state index in [4.69, 9.17) is 4.74 Å². The zero-order chi connectivity index (χ0) is 16.9. The fourth-order valence-electron chi connectivity index (χ4n) is 2.44. The van der Waals surface area contributed by atoms with Crippen molar-refractivity contribution in [2.45, 2.75) is 0 Å². The molecule has 0 saturated carbocycles. The molecule has 2 heterocycles. The number of hydrogen-bond acceptors (Lipinski definition) is 6. The second kappa shape index (κ2) is 7.37. The first-order valence-corrected chi connectivity index (χ1v) is 8.34. The molecule has 3 rings (SSSR count). The van der Waals surface area contributed by atoms with Gasteiger partial charge in [0.25, 0.3) is 0 Å². The van der Waals surface area contributed by atoms with Crippen LogP contribution in [0.15, 0.2) is 42.5 Å². The zero-order valence-corrected chi connectivity index (χ0v) is 13.7. The molecule has 1 aromatic carbocycles. The van der Waals surface area contributed by atoms with Gasteiger partial charge in [-0.2, -0.15) is 0 Å². The molecule has 0 bridgehead atoms. The average molecular weight is 344 g/mol. The molecule has 0 amide bonds. The van der Waals surface area contributed by atoms with E-state index in [1.54, 1.807) is 24.3 Å². The van der Waals surface area contributed by atoms with E-state index in [1.165, 1.54) is 12.1 Å². The SMILES string of the molecule is O=C(/C=C/c1ccc([N+](=O)[O-])s1)c1ccc(N2CCOCC2)cc1. The minimum atomic E-state index is -0.436. The van der Waals surface area contributed by atoms with Crippen molar-refractivity contribution in [1.82, 2.24) is 0 Å². The van der Waals surface area contributed by atoms with Crippen LogP contribution in [0.5, 0.6) is 0 Å². The Balaban J connectivity index is 1.65. The Morgan fingerprint density at radius 1 is 1.17 bits per heavy atom. The lowest BCUT2D eigenvalue weighted by Gasteiger charge is -2.28. The summed E-state index contributed by atoms with van der Waals surface area (Å²) in [5, 5.41) is 10.7. The number of nitro groups is 1. The van der Waals surface area contributed by atoms with Gasteiger partial charge in [0, 0.05) is 35.3 Å². The Bertz CT molecular complexity index is 761. The number of allylic oxidation sites excluding steroid dienone is 1. The van der Waals surface area contributed by atoms with Crippen LogP contribution in [-0.4, -0.2) is 37.0 Å². The van der Waals surface area contributed by atoms with E-state index in [1.807, 2.05) is 12.1 Å². The Morgan fingerprint density at radius 3 is 2.50 bits per heavy atom. The van der Waals surface area contributed by atoms with Gasteiger partial charge in [-0.05, 0) is 42.5 Å². The standard InChI is InChI=1S/C17H16N2O4S/c20-16(7-5-15-6-8-17(24-15)19(21)22)13-1-3-14(4-2-13)18-9-11-23-12-10-18/h1-8H,9-12H2/b7-5+. The summed E-state index contributed by atoms with van der Waals surface area (Å²) in [6.07, 6.45) is 3.05. The maximum Gasteiger partial charge on any atom is 0.324 e. The van der Waals surface area contributed by atoms with Crippen LogP contribution < -0.4 is 4.90 Å². The van der Waals surface area contributed by atoms with Gasteiger partial charge in [-0.25, -0.2) is 0 Å². The number of ketones is 1. The van der Waals surface area contributed by atoms with Crippen molar-refractivity contribution in [3.05, 3.63) is 63.0 Å². The molecule has 1 fully saturated rings. The molecule has 0 atom stereocenters. The third-order valence-corrected chi connectivity index (χ3v) is 4.72. The van der Waals surface area contributed by atoms with Crippen LogP contribution in [0.1, 0.15) is 15.2 Å². The van der Waals surface area contributed by atoms with Crippen LogP contribution in [0.25, 0.3) is 6.08 Å². The molecule has 0 radical (unpaired) electrons. The molecule has 2 aromatic rings. The largest absolute Gasteiger partial charge is 0.378 e. The van der Waals surface area contributed by atoms with Crippen LogP contribution in [0.4, 0.5) is 10.7 Å². The molecule has 1 aromatic heterocycles. The van der Waals surface area contributed by atoms with E-state index in [-0.39, 0.29) is 10.8 Å². The van der Waals surface area contributed by atoms with Gasteiger partial charge in [0.15, 0.2) is 5.78 Å². The van der Waals surface area contributed by atoms with E-state index < -0.39 is 4.92 Å². The summed E-state index contributed by atoms with van der Waals surface area (Å²) in [7, 11) is 0. The first kappa shape index (κ1) is 16.4. The number of nitrogens with zero attached hydrogens (tertiary/aromatic N) is 2. The van der Waals surface area contributed by atoms with E-state index in [0.717, 1.165) is 43.3 Å². The minimum Gasteiger partial charge on any atom is -0.378 e. The normalized spacial score (nSPS) is 14.9. The molecule has 1 aliphatic heterocycles. The molecule has 0 aliphatic carbocycles. The molecule has 124 valence electrons. The van der Waals surface area contributed by atoms with E-state index >= 15 is 0 Å². The number of hydrogen-bond donors (Lipinski definition) is 0. The first-order valence-electron chi connectivity index (χ1n) is 7.53. The molecule has 1 saturated heterocycles. The van der Waals surface area contributed by atoms with Crippen LogP contribution in [0.2, 0.25) is 0 Å². The number of carbonyl (C=O) groups excluding carboxylic acids is 1. The third kappa shape index (κ3) is 3.87. The van der Waals surface area contributed by atoms with Crippen molar-refractivity contribution < 1.29 is 14.5 Å². The number of anilines is 1. The summed E-state index contributed by atoms with van der Waals surface area (Å²) in [5.74, 6) is -0.125. The maximum absolute atomic E-state index is 12.2. The lowest BCUT2D eigenvalue weighted by molar-refractivity contribution is -0.380. The van der Waals surface area contributed by atoms with Crippen molar-refractivity contribution in [3.8, 4) is 0 Å². The fraction of sp³-hybridized carbons (Fsp3) is 0.235. The van der Waals surface area contributed by atoms with Crippen molar-refractivity contribution in [3.63, 3.8) is 0 Å². The highest BCUT2D eigenvalue weighted by Gasteiger charge is 2.12. The van der Waals surface area contributed by atoms with Crippen molar-refractivity contribution in [2.24, 2.45) is 0 Å². The average Bonchev–Trinajstić information content (AvgIpc) is 3.10. The molecular formula is C17H16N2O4S. The summed E-state index contributed by atoms with van der Waals surface area (Å²) in [6.45, 7) is 3.14. The van der Waals surface area contributed by atoms with Crippen LogP contribution in [-0.2, 0) is 4.74 Å². The van der Waals surface area contributed by atoms with E-state index in [9.17, 15) is 14.9 Å². The summed E-state index contributed by atoms with van der Waals surface area (Å²) in [5.41, 5.74) is 1.67. The van der Waals surface area contributed by atoms with Gasteiger partial charge < -0.3 is 9.64 Å². The quantitative estimate of drug-likeness (QED) is 0.360. The monoisotopic (exact) mass is 344 g/mol. The van der Waals surface area contributed by atoms with Crippen molar-refractivity contribution in [1.29, 1.82) is 0 Å². The van der Waals surface area contributed by atoms with Gasteiger partial charge >= 0.3 is 5.00 Å². The lowest BCUT2D eigenvalue weighted by Crippen LogP contribution is -2.36. The highest BCUT2D eigenvalue weighted by molar-refractivity contribution is 7.16. The highest BCUT2D eigenvalue weighted by Crippen LogP contribution is 2.25. The Morgan fingerprint density at radius 2 is 1.88 bits per heavy atom. The Hall–Kier alpha value is -2.51. The molecule has 6 nitrogen and oxygen atoms in total. The van der Waals surface area contributed by atoms with Gasteiger partial charge in [-0.15, -0.1) is 0 Å². The number of carbonyl (C=O) groups is 1. The second-order valence-corrected chi connectivity index (χ2v) is 6.37. The summed E-state index contributed by atoms with van der Waals surface area (Å²) in [4.78, 5) is 25.3. The number of rotatable bonds is 5. The van der Waals surface area contributed by atoms with Crippen LogP contribution >= 0.6 is 11.3 Å². The molecule has 24 heavy (non-hydrogen) atoms. The molecule has 1 aliphatic rings. The maximum atomic E-state index is 12.2. The lowest BCUT2D eigenvalue weighted by atomic mass is 10.1. The van der Waals surface area contributed by atoms with Crippen molar-refractivity contribution in [2.75, 3.05) is 31.2 Å². The summed E-state index contributed by atoms with van der Waals surface area (Å²) >= 11 is 1.04. The molecular weight excluding hydrogens is 328 g/mol. The van der Waals surface area contributed by atoms with Gasteiger partial charge in [0.05, 0.1) is 18.1 Å². The predicted octanol–water partition coefficient (Wildman–Crippen LogP) is 3.39. The Kier molecular flexibility index (Phi) is 5.02. The zero-order valence-electron chi connectivity index (χ0n) is 12.9. The smallest absolute Gasteiger partial charge is 0.324 e. The summed E-state index contributed by atoms with van der Waals surface area (Å²) < 4.78 is 5.33. The minimum absolute atomic E-state index is 0.0666. The van der Waals surface area contributed by atoms with E-state index in [2.05, 4.69) is 4.90 Å². The highest BCUT2D eigenvalue weighted by atomic mass is 32.1. The number of ether oxygens (including phenoxy) is 1. The molecule has 0 N–H and O–H groups in total. The molecule has 0 unspecified atom stereocenters. The number of morpholine rings is 1. The Labute approximate surface area is 143 Å². The fourth-order valence-corrected chi connectivity index (χ4v) is 3.17.